The number of hydrogen-bond donors (Lipinski definition) is 5. The van der Waals surface area contributed by atoms with E-state index >= 15 is 0 Å². The van der Waals surface area contributed by atoms with Crippen molar-refractivity contribution in [3.05, 3.63) is 59.4 Å². The molecule has 36 heavy (non-hydrogen) atoms. The molecule has 1 heterocycles. The van der Waals surface area contributed by atoms with Gasteiger partial charge in [-0.2, -0.15) is 5.10 Å². The van der Waals surface area contributed by atoms with E-state index < -0.39 is 11.8 Å². The quantitative estimate of drug-likeness (QED) is 0.171. The summed E-state index contributed by atoms with van der Waals surface area (Å²) in [7, 11) is 0. The Morgan fingerprint density at radius 2 is 1.89 bits per heavy atom. The van der Waals surface area contributed by atoms with E-state index in [1.54, 1.807) is 23.1 Å². The van der Waals surface area contributed by atoms with Crippen LogP contribution in [0, 0.1) is 11.7 Å². The fourth-order valence-electron chi connectivity index (χ4n) is 4.73. The van der Waals surface area contributed by atoms with Crippen LogP contribution in [0.25, 0.3) is 0 Å². The molecule has 0 radical (unpaired) electrons. The Morgan fingerprint density at radius 1 is 1.11 bits per heavy atom. The van der Waals surface area contributed by atoms with Crippen molar-refractivity contribution in [2.75, 3.05) is 17.2 Å². The molecule has 3 amide bonds. The number of fused-ring (bicyclic) bond motifs is 1. The Morgan fingerprint density at radius 3 is 2.64 bits per heavy atom. The maximum absolute atomic E-state index is 13.8. The molecule has 0 unspecified atom stereocenters. The Balaban J connectivity index is 0.00000253. The van der Waals surface area contributed by atoms with Gasteiger partial charge in [0.05, 0.1) is 5.69 Å². The number of para-hydroxylation sites is 1. The minimum atomic E-state index is -0.526. The van der Waals surface area contributed by atoms with Gasteiger partial charge in [0, 0.05) is 29.5 Å². The number of nitrogens with one attached hydrogen (secondary N) is 3. The molecular formula is C25H38FN7O3. The first-order chi connectivity index (χ1) is 17.4. The number of nitrogens with two attached hydrogens (primary N) is 2. The van der Waals surface area contributed by atoms with Crippen molar-refractivity contribution < 1.29 is 23.0 Å². The van der Waals surface area contributed by atoms with Gasteiger partial charge >= 0.3 is 12.1 Å². The molecule has 0 aromatic heterocycles. The van der Waals surface area contributed by atoms with Gasteiger partial charge in [-0.25, -0.2) is 25.4 Å². The first kappa shape index (κ1) is 25.2. The highest BCUT2D eigenvalue weighted by atomic mass is 19.1. The molecule has 7 N–H and O–H groups in total. The molecule has 1 saturated carbocycles. The summed E-state index contributed by atoms with van der Waals surface area (Å²) in [6.45, 7) is 0.982. The summed E-state index contributed by atoms with van der Waals surface area (Å²) < 4.78 is 19.5. The molecule has 4 rings (SSSR count). The molecule has 0 bridgehead atoms. The number of hydrogen-bond acceptors (Lipinski definition) is 6. The standard InChI is InChI=1S/C25H32FN7O3.3H2/c26-21-3-1-2-4-22(21)30-24(34)29-19-8-7-18-15-33(12-11-17(18)14-19)25(35)36-20-9-5-16(6-10-20)13-23(27)31-32-28;;;/h1-4,7-8,14,16,20,32H,5-6,9-13,15,28H2,(H2,27,31)(H2,29,30,34);3*1H. The van der Waals surface area contributed by atoms with Crippen LogP contribution < -0.4 is 27.7 Å². The van der Waals surface area contributed by atoms with E-state index in [0.29, 0.717) is 43.4 Å². The smallest absolute Gasteiger partial charge is 0.410 e. The number of hydrazine groups is 1. The van der Waals surface area contributed by atoms with Gasteiger partial charge in [0.1, 0.15) is 17.8 Å². The SMILES string of the molecule is NN/N=C(\N)CC1CCC(OC(=O)N2CCc3cc(NC(=O)Nc4ccccc4F)ccc3C2)CC1.[HH].[HH].[HH]. The van der Waals surface area contributed by atoms with Gasteiger partial charge in [0.2, 0.25) is 0 Å². The molecule has 1 aliphatic heterocycles. The molecule has 0 spiro atoms. The van der Waals surface area contributed by atoms with Gasteiger partial charge in [-0.15, -0.1) is 0 Å². The predicted molar refractivity (Wildman–Crippen MR) is 142 cm³/mol. The number of carbonyl (C=O) groups is 2. The maximum Gasteiger partial charge on any atom is 0.410 e. The highest BCUT2D eigenvalue weighted by molar-refractivity contribution is 5.99. The summed E-state index contributed by atoms with van der Waals surface area (Å²) in [6, 6.07) is 11.0. The van der Waals surface area contributed by atoms with Crippen LogP contribution in [0.1, 0.15) is 47.5 Å². The van der Waals surface area contributed by atoms with Crippen molar-refractivity contribution in [1.29, 1.82) is 0 Å². The zero-order valence-corrected chi connectivity index (χ0v) is 20.0. The minimum absolute atomic E-state index is 0. The van der Waals surface area contributed by atoms with Crippen LogP contribution in [-0.4, -0.2) is 35.5 Å². The molecule has 1 aliphatic carbocycles. The summed E-state index contributed by atoms with van der Waals surface area (Å²) in [5.74, 6) is 5.55. The van der Waals surface area contributed by atoms with E-state index in [4.69, 9.17) is 16.3 Å². The van der Waals surface area contributed by atoms with E-state index in [9.17, 15) is 14.0 Å². The van der Waals surface area contributed by atoms with Crippen LogP contribution in [0.5, 0.6) is 0 Å². The molecule has 10 nitrogen and oxygen atoms in total. The van der Waals surface area contributed by atoms with E-state index in [1.165, 1.54) is 12.1 Å². The average Bonchev–Trinajstić information content (AvgIpc) is 2.86. The molecule has 2 aliphatic rings. The Kier molecular flexibility index (Phi) is 8.21. The lowest BCUT2D eigenvalue weighted by Crippen LogP contribution is -2.39. The van der Waals surface area contributed by atoms with Crippen molar-refractivity contribution in [2.24, 2.45) is 22.6 Å². The second-order valence-corrected chi connectivity index (χ2v) is 9.18. The fraction of sp³-hybridized carbons (Fsp3) is 0.400. The van der Waals surface area contributed by atoms with Crippen LogP contribution in [0.4, 0.5) is 25.4 Å². The summed E-state index contributed by atoms with van der Waals surface area (Å²) >= 11 is 0. The molecular weight excluding hydrogens is 465 g/mol. The van der Waals surface area contributed by atoms with E-state index in [0.717, 1.165) is 36.8 Å². The second kappa shape index (κ2) is 11.7. The highest BCUT2D eigenvalue weighted by Crippen LogP contribution is 2.30. The van der Waals surface area contributed by atoms with Crippen molar-refractivity contribution in [2.45, 2.75) is 51.2 Å². The Hall–Kier alpha value is -3.86. The van der Waals surface area contributed by atoms with Gasteiger partial charge in [0.15, 0.2) is 0 Å². The second-order valence-electron chi connectivity index (χ2n) is 9.18. The van der Waals surface area contributed by atoms with Crippen LogP contribution in [0.15, 0.2) is 47.6 Å². The average molecular weight is 504 g/mol. The van der Waals surface area contributed by atoms with Gasteiger partial charge in [-0.05, 0) is 73.4 Å². The van der Waals surface area contributed by atoms with Crippen LogP contribution >= 0.6 is 0 Å². The third kappa shape index (κ3) is 6.63. The topological polar surface area (TPSA) is 147 Å². The summed E-state index contributed by atoms with van der Waals surface area (Å²) in [5, 5.41) is 9.03. The predicted octanol–water partition coefficient (Wildman–Crippen LogP) is 4.39. The fourth-order valence-corrected chi connectivity index (χ4v) is 4.73. The van der Waals surface area contributed by atoms with Crippen molar-refractivity contribution in [3.63, 3.8) is 0 Å². The van der Waals surface area contributed by atoms with Crippen molar-refractivity contribution in [3.8, 4) is 0 Å². The van der Waals surface area contributed by atoms with Gasteiger partial charge < -0.3 is 26.0 Å². The Bertz CT molecular complexity index is 1130. The molecule has 198 valence electrons. The zero-order chi connectivity index (χ0) is 25.5. The number of halogens is 1. The lowest BCUT2D eigenvalue weighted by Gasteiger charge is -2.32. The number of hydrazone groups is 1. The summed E-state index contributed by atoms with van der Waals surface area (Å²) in [5.41, 5.74) is 10.8. The van der Waals surface area contributed by atoms with Gasteiger partial charge in [-0.1, -0.05) is 18.2 Å². The number of carbonyl (C=O) groups excluding carboxylic acids is 2. The minimum Gasteiger partial charge on any atom is -0.446 e. The third-order valence-corrected chi connectivity index (χ3v) is 6.62. The lowest BCUT2D eigenvalue weighted by molar-refractivity contribution is 0.0357. The molecule has 0 saturated heterocycles. The van der Waals surface area contributed by atoms with Gasteiger partial charge in [0.25, 0.3) is 0 Å². The molecule has 2 aromatic rings. The molecule has 1 fully saturated rings. The molecule has 11 heteroatoms. The Labute approximate surface area is 213 Å². The number of nitrogens with zero attached hydrogens (tertiary/aromatic N) is 2. The number of amides is 3. The number of amidine groups is 1. The molecule has 0 atom stereocenters. The first-order valence-corrected chi connectivity index (χ1v) is 12.1. The maximum atomic E-state index is 13.8. The van der Waals surface area contributed by atoms with E-state index in [1.807, 2.05) is 12.1 Å². The van der Waals surface area contributed by atoms with Crippen LogP contribution in [0.2, 0.25) is 0 Å². The monoisotopic (exact) mass is 503 g/mol. The third-order valence-electron chi connectivity index (χ3n) is 6.62. The van der Waals surface area contributed by atoms with Crippen LogP contribution in [-0.2, 0) is 17.7 Å². The van der Waals surface area contributed by atoms with E-state index in [-0.39, 0.29) is 22.2 Å². The summed E-state index contributed by atoms with van der Waals surface area (Å²) in [6.07, 6.45) is 4.36. The normalized spacial score (nSPS) is 19.7. The van der Waals surface area contributed by atoms with Crippen molar-refractivity contribution >= 4 is 29.3 Å². The zero-order valence-electron chi connectivity index (χ0n) is 20.0. The number of benzene rings is 2. The largest absolute Gasteiger partial charge is 0.446 e. The molecule has 2 aromatic carbocycles. The lowest BCUT2D eigenvalue weighted by atomic mass is 9.85. The first-order valence-electron chi connectivity index (χ1n) is 12.1. The van der Waals surface area contributed by atoms with Gasteiger partial charge in [-0.3, -0.25) is 0 Å². The highest BCUT2D eigenvalue weighted by Gasteiger charge is 2.28. The number of anilines is 2. The number of ether oxygens (including phenoxy) is 1. The van der Waals surface area contributed by atoms with E-state index in [2.05, 4.69) is 21.3 Å². The number of urea groups is 1. The van der Waals surface area contributed by atoms with Crippen LogP contribution in [0.3, 0.4) is 0 Å². The summed E-state index contributed by atoms with van der Waals surface area (Å²) in [4.78, 5) is 26.7. The number of rotatable bonds is 6. The van der Waals surface area contributed by atoms with Crippen molar-refractivity contribution in [1.82, 2.24) is 10.4 Å².